The molecule has 0 aliphatic carbocycles. The topological polar surface area (TPSA) is 52.6 Å². The van der Waals surface area contributed by atoms with Crippen LogP contribution in [0.5, 0.6) is 0 Å². The molecule has 176 valence electrons. The number of hydrogen-bond donors (Lipinski definition) is 0. The van der Waals surface area contributed by atoms with Crippen LogP contribution in [0.3, 0.4) is 0 Å². The Morgan fingerprint density at radius 3 is 1.84 bits per heavy atom. The van der Waals surface area contributed by atoms with Crippen molar-refractivity contribution < 1.29 is 19.1 Å². The first-order valence-corrected chi connectivity index (χ1v) is 12.6. The third-order valence-corrected chi connectivity index (χ3v) is 5.65. The van der Waals surface area contributed by atoms with E-state index in [0.29, 0.717) is 17.7 Å². The summed E-state index contributed by atoms with van der Waals surface area (Å²) < 4.78 is 10.9. The van der Waals surface area contributed by atoms with Gasteiger partial charge in [-0.3, -0.25) is 0 Å². The van der Waals surface area contributed by atoms with Gasteiger partial charge in [0.1, 0.15) is 6.10 Å². The Kier molecular flexibility index (Phi) is 15.6. The number of rotatable bonds is 18. The molecule has 1 unspecified atom stereocenters. The van der Waals surface area contributed by atoms with E-state index >= 15 is 0 Å². The number of carbonyl (C=O) groups is 2. The van der Waals surface area contributed by atoms with Crippen LogP contribution in [0.4, 0.5) is 0 Å². The van der Waals surface area contributed by atoms with Crippen molar-refractivity contribution in [3.05, 3.63) is 35.4 Å². The highest BCUT2D eigenvalue weighted by Crippen LogP contribution is 2.14. The normalized spacial score (nSPS) is 11.8. The molecule has 0 saturated heterocycles. The number of hydrogen-bond acceptors (Lipinski definition) is 4. The third kappa shape index (κ3) is 12.6. The largest absolute Gasteiger partial charge is 0.462 e. The van der Waals surface area contributed by atoms with Crippen LogP contribution in [0.2, 0.25) is 0 Å². The van der Waals surface area contributed by atoms with E-state index < -0.39 is 0 Å². The minimum absolute atomic E-state index is 0.0748. The number of benzene rings is 1. The Morgan fingerprint density at radius 1 is 0.742 bits per heavy atom. The predicted molar refractivity (Wildman–Crippen MR) is 128 cm³/mol. The molecule has 1 rings (SSSR count). The summed E-state index contributed by atoms with van der Waals surface area (Å²) in [5.74, 6) is -0.748. The summed E-state index contributed by atoms with van der Waals surface area (Å²) >= 11 is 0. The van der Waals surface area contributed by atoms with Gasteiger partial charge in [-0.15, -0.1) is 0 Å². The predicted octanol–water partition coefficient (Wildman–Crippen LogP) is 7.89. The summed E-state index contributed by atoms with van der Waals surface area (Å²) in [5, 5.41) is 0. The van der Waals surface area contributed by atoms with Crippen LogP contribution in [0.1, 0.15) is 131 Å². The van der Waals surface area contributed by atoms with Gasteiger partial charge in [0.2, 0.25) is 0 Å². The fraction of sp³-hybridized carbons (Fsp3) is 0.704. The molecule has 0 N–H and O–H groups in total. The molecule has 0 bridgehead atoms. The number of carbonyl (C=O) groups excluding carboxylic acids is 2. The Balaban J connectivity index is 2.22. The number of esters is 2. The molecule has 4 heteroatoms. The molecule has 1 aromatic rings. The first kappa shape index (κ1) is 27.2. The molecule has 0 spiro atoms. The van der Waals surface area contributed by atoms with Crippen molar-refractivity contribution in [2.45, 2.75) is 117 Å². The summed E-state index contributed by atoms with van der Waals surface area (Å²) in [4.78, 5) is 24.7. The van der Waals surface area contributed by atoms with Crippen LogP contribution >= 0.6 is 0 Å². The van der Waals surface area contributed by atoms with Gasteiger partial charge in [-0.25, -0.2) is 9.59 Å². The van der Waals surface area contributed by atoms with Crippen LogP contribution in [0.15, 0.2) is 24.3 Å². The minimum atomic E-state index is -0.375. The van der Waals surface area contributed by atoms with Crippen molar-refractivity contribution in [1.29, 1.82) is 0 Å². The smallest absolute Gasteiger partial charge is 0.338 e. The SMILES string of the molecule is CCCCCCCCCCCCCOC(=O)c1cccc(C(=O)OC(CC)CCC)c1. The van der Waals surface area contributed by atoms with E-state index in [-0.39, 0.29) is 18.0 Å². The molecule has 0 fully saturated rings. The molecule has 0 saturated carbocycles. The Labute approximate surface area is 190 Å². The van der Waals surface area contributed by atoms with E-state index in [4.69, 9.17) is 9.47 Å². The molecule has 0 heterocycles. The second kappa shape index (κ2) is 17.8. The lowest BCUT2D eigenvalue weighted by atomic mass is 10.1. The number of unbranched alkanes of at least 4 members (excludes halogenated alkanes) is 10. The second-order valence-corrected chi connectivity index (χ2v) is 8.48. The van der Waals surface area contributed by atoms with E-state index in [0.717, 1.165) is 32.1 Å². The zero-order chi connectivity index (χ0) is 22.7. The molecule has 1 atom stereocenters. The summed E-state index contributed by atoms with van der Waals surface area (Å²) in [6.45, 7) is 6.76. The highest BCUT2D eigenvalue weighted by Gasteiger charge is 2.16. The molecular weight excluding hydrogens is 388 g/mol. The quantitative estimate of drug-likeness (QED) is 0.175. The van der Waals surface area contributed by atoms with Gasteiger partial charge in [0, 0.05) is 0 Å². The van der Waals surface area contributed by atoms with Gasteiger partial charge in [0.15, 0.2) is 0 Å². The maximum Gasteiger partial charge on any atom is 0.338 e. The van der Waals surface area contributed by atoms with E-state index in [1.54, 1.807) is 24.3 Å². The summed E-state index contributed by atoms with van der Waals surface area (Å²) in [6, 6.07) is 6.64. The van der Waals surface area contributed by atoms with Crippen LogP contribution < -0.4 is 0 Å². The van der Waals surface area contributed by atoms with Crippen molar-refractivity contribution in [3.63, 3.8) is 0 Å². The molecule has 1 aromatic carbocycles. The maximum atomic E-state index is 12.4. The molecule has 0 amide bonds. The summed E-state index contributed by atoms with van der Waals surface area (Å²) in [6.07, 6.45) is 16.4. The highest BCUT2D eigenvalue weighted by molar-refractivity contribution is 5.95. The van der Waals surface area contributed by atoms with Crippen molar-refractivity contribution in [2.24, 2.45) is 0 Å². The molecule has 0 aliphatic heterocycles. The van der Waals surface area contributed by atoms with Crippen molar-refractivity contribution in [3.8, 4) is 0 Å². The summed E-state index contributed by atoms with van der Waals surface area (Å²) in [5.41, 5.74) is 0.805. The van der Waals surface area contributed by atoms with Gasteiger partial charge >= 0.3 is 11.9 Å². The molecular formula is C27H44O4. The molecule has 0 aromatic heterocycles. The lowest BCUT2D eigenvalue weighted by molar-refractivity contribution is 0.0271. The maximum absolute atomic E-state index is 12.4. The molecule has 0 radical (unpaired) electrons. The Hall–Kier alpha value is -1.84. The highest BCUT2D eigenvalue weighted by atomic mass is 16.5. The van der Waals surface area contributed by atoms with Crippen molar-refractivity contribution >= 4 is 11.9 Å². The van der Waals surface area contributed by atoms with Crippen LogP contribution in [0, 0.1) is 0 Å². The second-order valence-electron chi connectivity index (χ2n) is 8.48. The lowest BCUT2D eigenvalue weighted by Crippen LogP contribution is -2.18. The van der Waals surface area contributed by atoms with Crippen LogP contribution in [-0.4, -0.2) is 24.6 Å². The lowest BCUT2D eigenvalue weighted by Gasteiger charge is -2.15. The van der Waals surface area contributed by atoms with E-state index in [1.165, 1.54) is 57.8 Å². The summed E-state index contributed by atoms with van der Waals surface area (Å²) in [7, 11) is 0. The van der Waals surface area contributed by atoms with Gasteiger partial charge in [-0.1, -0.05) is 97.5 Å². The van der Waals surface area contributed by atoms with E-state index in [9.17, 15) is 9.59 Å². The van der Waals surface area contributed by atoms with Gasteiger partial charge < -0.3 is 9.47 Å². The average Bonchev–Trinajstić information content (AvgIpc) is 2.79. The molecule has 0 aliphatic rings. The van der Waals surface area contributed by atoms with Gasteiger partial charge in [-0.2, -0.15) is 0 Å². The fourth-order valence-electron chi connectivity index (χ4n) is 3.68. The van der Waals surface area contributed by atoms with Crippen molar-refractivity contribution in [1.82, 2.24) is 0 Å². The Bertz CT molecular complexity index is 611. The zero-order valence-corrected chi connectivity index (χ0v) is 20.1. The Morgan fingerprint density at radius 2 is 1.29 bits per heavy atom. The minimum Gasteiger partial charge on any atom is -0.462 e. The standard InChI is InChI=1S/C27H44O4/c1-4-7-8-9-10-11-12-13-14-15-16-21-30-26(28)23-19-17-20-24(22-23)27(29)31-25(6-3)18-5-2/h17,19-20,22,25H,4-16,18,21H2,1-3H3. The van der Waals surface area contributed by atoms with Gasteiger partial charge in [0.05, 0.1) is 17.7 Å². The number of ether oxygens (including phenoxy) is 2. The monoisotopic (exact) mass is 432 g/mol. The first-order valence-electron chi connectivity index (χ1n) is 12.6. The third-order valence-electron chi connectivity index (χ3n) is 5.65. The van der Waals surface area contributed by atoms with Crippen molar-refractivity contribution in [2.75, 3.05) is 6.61 Å². The van der Waals surface area contributed by atoms with Gasteiger partial charge in [-0.05, 0) is 37.5 Å². The van der Waals surface area contributed by atoms with Gasteiger partial charge in [0.25, 0.3) is 0 Å². The van der Waals surface area contributed by atoms with Crippen LogP contribution in [-0.2, 0) is 9.47 Å². The van der Waals surface area contributed by atoms with E-state index in [2.05, 4.69) is 13.8 Å². The fourth-order valence-corrected chi connectivity index (χ4v) is 3.68. The van der Waals surface area contributed by atoms with Crippen LogP contribution in [0.25, 0.3) is 0 Å². The van der Waals surface area contributed by atoms with E-state index in [1.807, 2.05) is 6.92 Å². The molecule has 4 nitrogen and oxygen atoms in total. The zero-order valence-electron chi connectivity index (χ0n) is 20.1. The molecule has 31 heavy (non-hydrogen) atoms. The first-order chi connectivity index (χ1) is 15.1. The average molecular weight is 433 g/mol.